The molecular formula is C26H19N5O7. The highest BCUT2D eigenvalue weighted by Gasteiger charge is 2.18. The SMILES string of the molecule is COc1cccc2oc(-c3nc4ccccc4c(=O)n3N=Cc3cc([N+](=O)[O-])ccc3OCC(N)=O)cc12. The molecule has 0 aliphatic carbocycles. The number of para-hydroxylation sites is 1. The van der Waals surface area contributed by atoms with Gasteiger partial charge in [-0.2, -0.15) is 9.78 Å². The Morgan fingerprint density at radius 2 is 1.95 bits per heavy atom. The lowest BCUT2D eigenvalue weighted by Crippen LogP contribution is -2.21. The molecule has 0 spiro atoms. The molecule has 0 bridgehead atoms. The van der Waals surface area contributed by atoms with Crippen LogP contribution in [-0.2, 0) is 4.79 Å². The number of nitro groups is 1. The Bertz CT molecular complexity index is 1810. The first kappa shape index (κ1) is 24.2. The summed E-state index contributed by atoms with van der Waals surface area (Å²) in [5.74, 6) is 0.282. The van der Waals surface area contributed by atoms with E-state index in [1.165, 1.54) is 31.5 Å². The van der Waals surface area contributed by atoms with Crippen molar-refractivity contribution in [2.24, 2.45) is 10.8 Å². The molecule has 190 valence electrons. The topological polar surface area (TPSA) is 165 Å². The molecule has 2 heterocycles. The Balaban J connectivity index is 1.70. The molecule has 0 saturated carbocycles. The van der Waals surface area contributed by atoms with E-state index in [1.807, 2.05) is 0 Å². The number of nitro benzene ring substituents is 1. The summed E-state index contributed by atoms with van der Waals surface area (Å²) in [4.78, 5) is 40.1. The summed E-state index contributed by atoms with van der Waals surface area (Å²) < 4.78 is 17.8. The molecule has 0 unspecified atom stereocenters. The maximum absolute atomic E-state index is 13.5. The Kier molecular flexibility index (Phi) is 6.27. The largest absolute Gasteiger partial charge is 0.496 e. The highest BCUT2D eigenvalue weighted by Crippen LogP contribution is 2.33. The maximum atomic E-state index is 13.5. The molecule has 3 aromatic carbocycles. The summed E-state index contributed by atoms with van der Waals surface area (Å²) in [5, 5.41) is 16.6. The first-order valence-corrected chi connectivity index (χ1v) is 11.2. The third kappa shape index (κ3) is 4.53. The van der Waals surface area contributed by atoms with Crippen LogP contribution in [0.5, 0.6) is 11.5 Å². The third-order valence-corrected chi connectivity index (χ3v) is 5.60. The van der Waals surface area contributed by atoms with Gasteiger partial charge in [0, 0.05) is 17.7 Å². The Morgan fingerprint density at radius 3 is 2.71 bits per heavy atom. The minimum Gasteiger partial charge on any atom is -0.496 e. The van der Waals surface area contributed by atoms with Gasteiger partial charge in [-0.25, -0.2) is 4.98 Å². The normalized spacial score (nSPS) is 11.3. The summed E-state index contributed by atoms with van der Waals surface area (Å²) in [6, 6.07) is 17.4. The number of rotatable bonds is 8. The van der Waals surface area contributed by atoms with E-state index < -0.39 is 23.0 Å². The zero-order valence-corrected chi connectivity index (χ0v) is 19.9. The average molecular weight is 513 g/mol. The van der Waals surface area contributed by atoms with E-state index in [9.17, 15) is 19.7 Å². The van der Waals surface area contributed by atoms with Crippen molar-refractivity contribution in [1.82, 2.24) is 9.66 Å². The van der Waals surface area contributed by atoms with Crippen molar-refractivity contribution in [3.63, 3.8) is 0 Å². The lowest BCUT2D eigenvalue weighted by Gasteiger charge is -2.09. The van der Waals surface area contributed by atoms with E-state index in [0.29, 0.717) is 27.6 Å². The van der Waals surface area contributed by atoms with Gasteiger partial charge in [0.15, 0.2) is 12.4 Å². The second kappa shape index (κ2) is 9.85. The molecule has 2 aromatic heterocycles. The van der Waals surface area contributed by atoms with E-state index in [2.05, 4.69) is 10.1 Å². The predicted octanol–water partition coefficient (Wildman–Crippen LogP) is 3.47. The fourth-order valence-corrected chi connectivity index (χ4v) is 3.86. The Hall–Kier alpha value is -5.52. The summed E-state index contributed by atoms with van der Waals surface area (Å²) in [7, 11) is 1.53. The number of hydrogen-bond donors (Lipinski definition) is 1. The molecule has 0 aliphatic rings. The van der Waals surface area contributed by atoms with E-state index >= 15 is 0 Å². The van der Waals surface area contributed by atoms with Crippen LogP contribution in [0.15, 0.2) is 81.0 Å². The van der Waals surface area contributed by atoms with Crippen LogP contribution in [0.2, 0.25) is 0 Å². The number of methoxy groups -OCH3 is 1. The van der Waals surface area contributed by atoms with Crippen LogP contribution in [-0.4, -0.2) is 40.4 Å². The summed E-state index contributed by atoms with van der Waals surface area (Å²) in [5.41, 5.74) is 5.49. The number of fused-ring (bicyclic) bond motifs is 2. The second-order valence-corrected chi connectivity index (χ2v) is 8.03. The van der Waals surface area contributed by atoms with Crippen molar-refractivity contribution >= 4 is 39.7 Å². The molecule has 12 heteroatoms. The number of carbonyl (C=O) groups excluding carboxylic acids is 1. The van der Waals surface area contributed by atoms with Crippen LogP contribution in [0.1, 0.15) is 5.56 Å². The van der Waals surface area contributed by atoms with Crippen LogP contribution < -0.4 is 20.8 Å². The monoisotopic (exact) mass is 513 g/mol. The average Bonchev–Trinajstić information content (AvgIpc) is 3.36. The summed E-state index contributed by atoms with van der Waals surface area (Å²) >= 11 is 0. The van der Waals surface area contributed by atoms with Crippen molar-refractivity contribution < 1.29 is 23.6 Å². The highest BCUT2D eigenvalue weighted by atomic mass is 16.6. The van der Waals surface area contributed by atoms with Gasteiger partial charge in [0.05, 0.1) is 34.5 Å². The lowest BCUT2D eigenvalue weighted by atomic mass is 10.2. The molecule has 0 atom stereocenters. The predicted molar refractivity (Wildman–Crippen MR) is 139 cm³/mol. The molecule has 5 rings (SSSR count). The number of benzene rings is 3. The fourth-order valence-electron chi connectivity index (χ4n) is 3.86. The van der Waals surface area contributed by atoms with Gasteiger partial charge in [-0.15, -0.1) is 0 Å². The number of ether oxygens (including phenoxy) is 2. The molecule has 0 fully saturated rings. The van der Waals surface area contributed by atoms with Crippen molar-refractivity contribution in [3.8, 4) is 23.1 Å². The number of primary amides is 1. The van der Waals surface area contributed by atoms with Gasteiger partial charge in [0.1, 0.15) is 17.1 Å². The number of carbonyl (C=O) groups is 1. The van der Waals surface area contributed by atoms with Crippen molar-refractivity contribution in [2.45, 2.75) is 0 Å². The van der Waals surface area contributed by atoms with Gasteiger partial charge < -0.3 is 19.6 Å². The Labute approximate surface area is 213 Å². The van der Waals surface area contributed by atoms with E-state index in [1.54, 1.807) is 48.5 Å². The van der Waals surface area contributed by atoms with Gasteiger partial charge >= 0.3 is 0 Å². The summed E-state index contributed by atoms with van der Waals surface area (Å²) in [6.45, 7) is -0.456. The number of amides is 1. The van der Waals surface area contributed by atoms with Crippen LogP contribution in [0.3, 0.4) is 0 Å². The maximum Gasteiger partial charge on any atom is 0.282 e. The quantitative estimate of drug-likeness (QED) is 0.187. The molecule has 38 heavy (non-hydrogen) atoms. The zero-order chi connectivity index (χ0) is 26.8. The van der Waals surface area contributed by atoms with Crippen LogP contribution >= 0.6 is 0 Å². The van der Waals surface area contributed by atoms with Gasteiger partial charge in [0.2, 0.25) is 5.82 Å². The molecule has 12 nitrogen and oxygen atoms in total. The number of nitrogens with two attached hydrogens (primary N) is 1. The lowest BCUT2D eigenvalue weighted by molar-refractivity contribution is -0.384. The highest BCUT2D eigenvalue weighted by molar-refractivity contribution is 5.89. The van der Waals surface area contributed by atoms with E-state index in [4.69, 9.17) is 19.6 Å². The number of aromatic nitrogens is 2. The van der Waals surface area contributed by atoms with Crippen molar-refractivity contribution in [2.75, 3.05) is 13.7 Å². The second-order valence-electron chi connectivity index (χ2n) is 8.03. The number of furan rings is 1. The van der Waals surface area contributed by atoms with Crippen molar-refractivity contribution in [3.05, 3.63) is 92.8 Å². The summed E-state index contributed by atoms with van der Waals surface area (Å²) in [6.07, 6.45) is 1.20. The van der Waals surface area contributed by atoms with E-state index in [-0.39, 0.29) is 28.6 Å². The minimum atomic E-state index is -0.733. The molecule has 0 saturated heterocycles. The van der Waals surface area contributed by atoms with Crippen LogP contribution in [0.4, 0.5) is 5.69 Å². The van der Waals surface area contributed by atoms with Crippen LogP contribution in [0, 0.1) is 10.1 Å². The first-order chi connectivity index (χ1) is 18.4. The Morgan fingerprint density at radius 1 is 1.13 bits per heavy atom. The van der Waals surface area contributed by atoms with Gasteiger partial charge in [-0.1, -0.05) is 18.2 Å². The van der Waals surface area contributed by atoms with E-state index in [0.717, 1.165) is 4.68 Å². The molecular weight excluding hydrogens is 494 g/mol. The first-order valence-electron chi connectivity index (χ1n) is 11.2. The minimum absolute atomic E-state index is 0.0910. The standard InChI is InChI=1S/C26H19N5O7/c1-36-21-7-4-8-22-18(21)12-23(38-22)25-29-19-6-3-2-5-17(19)26(33)30(25)28-13-15-11-16(31(34)35)9-10-20(15)37-14-24(27)32/h2-13H,14H2,1H3,(H2,27,32). The molecule has 2 N–H and O–H groups in total. The fraction of sp³-hybridized carbons (Fsp3) is 0.0769. The molecule has 0 aliphatic heterocycles. The van der Waals surface area contributed by atoms with Gasteiger partial charge in [0.25, 0.3) is 17.2 Å². The zero-order valence-electron chi connectivity index (χ0n) is 19.9. The van der Waals surface area contributed by atoms with Gasteiger partial charge in [-0.05, 0) is 36.4 Å². The smallest absolute Gasteiger partial charge is 0.282 e. The number of nitrogens with zero attached hydrogens (tertiary/aromatic N) is 4. The number of hydrogen-bond acceptors (Lipinski definition) is 9. The molecule has 1 amide bonds. The molecule has 0 radical (unpaired) electrons. The number of non-ortho nitro benzene ring substituents is 1. The van der Waals surface area contributed by atoms with Gasteiger partial charge in [-0.3, -0.25) is 19.7 Å². The molecule has 5 aromatic rings. The van der Waals surface area contributed by atoms with Crippen molar-refractivity contribution in [1.29, 1.82) is 0 Å². The third-order valence-electron chi connectivity index (χ3n) is 5.60. The van der Waals surface area contributed by atoms with Crippen LogP contribution in [0.25, 0.3) is 33.5 Å².